The number of carbonyl (C=O) groups is 2. The average Bonchev–Trinajstić information content (AvgIpc) is 2.59. The number of nitrogens with zero attached hydrogens (tertiary/aromatic N) is 1. The minimum atomic E-state index is -0.716. The molecule has 5 nitrogen and oxygen atoms in total. The molecule has 144 valence electrons. The molecule has 2 aromatic rings. The molecular formula is C21H25ClN2O3. The van der Waals surface area contributed by atoms with Gasteiger partial charge in [0.2, 0.25) is 5.91 Å². The molecule has 1 N–H and O–H groups in total. The van der Waals surface area contributed by atoms with Gasteiger partial charge in [-0.3, -0.25) is 9.59 Å². The van der Waals surface area contributed by atoms with Crippen LogP contribution in [-0.4, -0.2) is 36.4 Å². The highest BCUT2D eigenvalue weighted by Gasteiger charge is 2.21. The van der Waals surface area contributed by atoms with Crippen molar-refractivity contribution in [2.45, 2.75) is 33.8 Å². The Hall–Kier alpha value is -2.53. The van der Waals surface area contributed by atoms with Crippen molar-refractivity contribution in [1.29, 1.82) is 0 Å². The molecule has 0 aliphatic heterocycles. The second kappa shape index (κ2) is 8.91. The van der Waals surface area contributed by atoms with E-state index in [-0.39, 0.29) is 18.4 Å². The Kier molecular flexibility index (Phi) is 6.86. The highest BCUT2D eigenvalue weighted by molar-refractivity contribution is 6.30. The lowest BCUT2D eigenvalue weighted by Gasteiger charge is -2.22. The number of hydrogen-bond donors (Lipinski definition) is 1. The van der Waals surface area contributed by atoms with Crippen molar-refractivity contribution < 1.29 is 14.3 Å². The maximum atomic E-state index is 12.5. The van der Waals surface area contributed by atoms with E-state index in [1.165, 1.54) is 4.90 Å². The fourth-order valence-corrected chi connectivity index (χ4v) is 3.05. The van der Waals surface area contributed by atoms with Crippen LogP contribution in [0, 0.1) is 20.8 Å². The van der Waals surface area contributed by atoms with Crippen molar-refractivity contribution in [3.63, 3.8) is 0 Å². The first-order chi connectivity index (χ1) is 12.7. The first-order valence-corrected chi connectivity index (χ1v) is 9.10. The number of benzene rings is 2. The highest BCUT2D eigenvalue weighted by atomic mass is 35.5. The summed E-state index contributed by atoms with van der Waals surface area (Å²) >= 11 is 5.84. The fraction of sp³-hybridized carbons (Fsp3) is 0.333. The molecule has 0 unspecified atom stereocenters. The van der Waals surface area contributed by atoms with E-state index in [4.69, 9.17) is 16.3 Å². The number of hydrogen-bond acceptors (Lipinski definition) is 3. The molecule has 2 rings (SSSR count). The molecule has 0 heterocycles. The van der Waals surface area contributed by atoms with Gasteiger partial charge >= 0.3 is 0 Å². The number of likely N-dealkylation sites (N-methyl/N-ethyl adjacent to an activating group) is 1. The molecule has 6 heteroatoms. The second-order valence-electron chi connectivity index (χ2n) is 6.73. The molecule has 0 aliphatic carbocycles. The maximum absolute atomic E-state index is 12.5. The summed E-state index contributed by atoms with van der Waals surface area (Å²) in [7, 11) is 1.58. The molecule has 0 aromatic heterocycles. The first-order valence-electron chi connectivity index (χ1n) is 8.72. The van der Waals surface area contributed by atoms with Crippen LogP contribution >= 0.6 is 11.6 Å². The van der Waals surface area contributed by atoms with Crippen molar-refractivity contribution in [3.05, 3.63) is 58.1 Å². The molecule has 2 aromatic carbocycles. The average molecular weight is 389 g/mol. The van der Waals surface area contributed by atoms with E-state index in [0.717, 1.165) is 22.4 Å². The van der Waals surface area contributed by atoms with Crippen LogP contribution in [0.15, 0.2) is 36.4 Å². The summed E-state index contributed by atoms with van der Waals surface area (Å²) in [4.78, 5) is 26.2. The number of ether oxygens (including phenoxy) is 1. The zero-order chi connectivity index (χ0) is 20.1. The van der Waals surface area contributed by atoms with Gasteiger partial charge in [-0.25, -0.2) is 0 Å². The minimum absolute atomic E-state index is 0.0556. The highest BCUT2D eigenvalue weighted by Crippen LogP contribution is 2.22. The lowest BCUT2D eigenvalue weighted by molar-refractivity contribution is -0.139. The number of nitrogens with one attached hydrogen (secondary N) is 1. The summed E-state index contributed by atoms with van der Waals surface area (Å²) in [5.74, 6) is 0.0149. The van der Waals surface area contributed by atoms with Gasteiger partial charge in [-0.2, -0.15) is 0 Å². The van der Waals surface area contributed by atoms with Gasteiger partial charge in [0.05, 0.1) is 6.54 Å². The number of aryl methyl sites for hydroxylation is 3. The van der Waals surface area contributed by atoms with E-state index in [0.29, 0.717) is 10.8 Å². The van der Waals surface area contributed by atoms with Crippen LogP contribution in [0.1, 0.15) is 23.6 Å². The van der Waals surface area contributed by atoms with Crippen molar-refractivity contribution in [3.8, 4) is 5.75 Å². The topological polar surface area (TPSA) is 58.6 Å². The van der Waals surface area contributed by atoms with Crippen LogP contribution in [0.4, 0.5) is 5.69 Å². The Labute approximate surface area is 165 Å². The summed E-state index contributed by atoms with van der Waals surface area (Å²) in [6, 6.07) is 10.8. The van der Waals surface area contributed by atoms with Gasteiger partial charge in [0.25, 0.3) is 5.91 Å². The lowest BCUT2D eigenvalue weighted by atomic mass is 10.1. The SMILES string of the molecule is Cc1cc(C)c(NC(=O)CN(C)C(=O)[C@@H](C)Oc2ccc(Cl)cc2)c(C)c1. The van der Waals surface area contributed by atoms with Gasteiger partial charge in [-0.05, 0) is 63.1 Å². The Morgan fingerprint density at radius 2 is 1.67 bits per heavy atom. The molecule has 1 atom stereocenters. The minimum Gasteiger partial charge on any atom is -0.481 e. The molecule has 0 spiro atoms. The van der Waals surface area contributed by atoms with E-state index in [9.17, 15) is 9.59 Å². The maximum Gasteiger partial charge on any atom is 0.263 e. The molecule has 0 aliphatic rings. The summed E-state index contributed by atoms with van der Waals surface area (Å²) in [6.07, 6.45) is -0.716. The van der Waals surface area contributed by atoms with Crippen molar-refractivity contribution in [1.82, 2.24) is 4.90 Å². The molecule has 0 saturated carbocycles. The quantitative estimate of drug-likeness (QED) is 0.809. The van der Waals surface area contributed by atoms with Crippen molar-refractivity contribution in [2.75, 3.05) is 18.9 Å². The zero-order valence-electron chi connectivity index (χ0n) is 16.3. The molecule has 2 amide bonds. The predicted octanol–water partition coefficient (Wildman–Crippen LogP) is 4.13. The molecule has 0 fully saturated rings. The summed E-state index contributed by atoms with van der Waals surface area (Å²) < 4.78 is 5.62. The van der Waals surface area contributed by atoms with E-state index >= 15 is 0 Å². The fourth-order valence-electron chi connectivity index (χ4n) is 2.93. The Balaban J connectivity index is 1.95. The Bertz CT molecular complexity index is 811. The van der Waals surface area contributed by atoms with E-state index in [2.05, 4.69) is 5.32 Å². The Morgan fingerprint density at radius 1 is 1.11 bits per heavy atom. The van der Waals surface area contributed by atoms with E-state index in [1.54, 1.807) is 38.2 Å². The second-order valence-corrected chi connectivity index (χ2v) is 7.17. The third kappa shape index (κ3) is 5.73. The third-order valence-electron chi connectivity index (χ3n) is 4.17. The summed E-state index contributed by atoms with van der Waals surface area (Å²) in [5, 5.41) is 3.49. The monoisotopic (exact) mass is 388 g/mol. The van der Waals surface area contributed by atoms with Gasteiger partial charge in [-0.1, -0.05) is 29.3 Å². The molecule has 27 heavy (non-hydrogen) atoms. The number of anilines is 1. The number of carbonyl (C=O) groups excluding carboxylic acids is 2. The normalized spacial score (nSPS) is 11.6. The molecule has 0 radical (unpaired) electrons. The smallest absolute Gasteiger partial charge is 0.263 e. The van der Waals surface area contributed by atoms with Gasteiger partial charge in [-0.15, -0.1) is 0 Å². The number of amides is 2. The molecular weight excluding hydrogens is 364 g/mol. The Morgan fingerprint density at radius 3 is 2.22 bits per heavy atom. The van der Waals surface area contributed by atoms with Crippen LogP contribution in [0.5, 0.6) is 5.75 Å². The lowest BCUT2D eigenvalue weighted by Crippen LogP contribution is -2.42. The standard InChI is InChI=1S/C21H25ClN2O3/c1-13-10-14(2)20(15(3)11-13)23-19(25)12-24(5)21(26)16(4)27-18-8-6-17(22)7-9-18/h6-11,16H,12H2,1-5H3,(H,23,25)/t16-/m1/s1. The largest absolute Gasteiger partial charge is 0.481 e. The first kappa shape index (κ1) is 20.8. The molecule has 0 saturated heterocycles. The van der Waals surface area contributed by atoms with Crippen LogP contribution in [0.3, 0.4) is 0 Å². The van der Waals surface area contributed by atoms with Crippen LogP contribution < -0.4 is 10.1 Å². The summed E-state index contributed by atoms with van der Waals surface area (Å²) in [6.45, 7) is 7.51. The van der Waals surface area contributed by atoms with Gasteiger partial charge in [0.15, 0.2) is 6.10 Å². The van der Waals surface area contributed by atoms with Crippen LogP contribution in [-0.2, 0) is 9.59 Å². The number of rotatable bonds is 6. The summed E-state index contributed by atoms with van der Waals surface area (Å²) in [5.41, 5.74) is 3.92. The van der Waals surface area contributed by atoms with Gasteiger partial charge in [0.1, 0.15) is 5.75 Å². The van der Waals surface area contributed by atoms with Crippen molar-refractivity contribution >= 4 is 29.1 Å². The molecule has 0 bridgehead atoms. The van der Waals surface area contributed by atoms with E-state index < -0.39 is 6.10 Å². The van der Waals surface area contributed by atoms with Gasteiger partial charge in [0, 0.05) is 17.8 Å². The van der Waals surface area contributed by atoms with Crippen molar-refractivity contribution in [2.24, 2.45) is 0 Å². The van der Waals surface area contributed by atoms with Crippen LogP contribution in [0.2, 0.25) is 5.02 Å². The predicted molar refractivity (Wildman–Crippen MR) is 108 cm³/mol. The van der Waals surface area contributed by atoms with Gasteiger partial charge < -0.3 is 15.0 Å². The third-order valence-corrected chi connectivity index (χ3v) is 4.42. The number of halogens is 1. The van der Waals surface area contributed by atoms with E-state index in [1.807, 2.05) is 32.9 Å². The van der Waals surface area contributed by atoms with Crippen LogP contribution in [0.25, 0.3) is 0 Å². The zero-order valence-corrected chi connectivity index (χ0v) is 17.1.